The molecule has 2 heteroatoms. The fraction of sp³-hybridized carbons (Fsp3) is 0.923. The summed E-state index contributed by atoms with van der Waals surface area (Å²) >= 11 is 0. The lowest BCUT2D eigenvalue weighted by Crippen LogP contribution is -2.43. The summed E-state index contributed by atoms with van der Waals surface area (Å²) in [6.07, 6.45) is 7.44. The Morgan fingerprint density at radius 2 is 1.67 bits per heavy atom. The van der Waals surface area contributed by atoms with E-state index in [-0.39, 0.29) is 0 Å². The van der Waals surface area contributed by atoms with Gasteiger partial charge in [0, 0.05) is 12.8 Å². The van der Waals surface area contributed by atoms with Gasteiger partial charge in [-0.3, -0.25) is 4.79 Å². The highest BCUT2D eigenvalue weighted by molar-refractivity contribution is 5.79. The standard InChI is InChI=1S/C13H22O2/c1-10-2-4-11(5-3-10)13(15)8-6-12(14)7-9-13/h10-11,15H,2-9H2,1H3. The zero-order valence-corrected chi connectivity index (χ0v) is 9.67. The van der Waals surface area contributed by atoms with Gasteiger partial charge < -0.3 is 5.11 Å². The van der Waals surface area contributed by atoms with Gasteiger partial charge in [0.05, 0.1) is 5.60 Å². The van der Waals surface area contributed by atoms with Crippen molar-refractivity contribution in [3.8, 4) is 0 Å². The molecule has 2 aliphatic rings. The molecule has 1 N–H and O–H groups in total. The first kappa shape index (κ1) is 11.1. The first-order valence-electron chi connectivity index (χ1n) is 6.34. The fourth-order valence-electron chi connectivity index (χ4n) is 3.17. The molecular formula is C13H22O2. The molecule has 2 fully saturated rings. The van der Waals surface area contributed by atoms with E-state index >= 15 is 0 Å². The molecular weight excluding hydrogens is 188 g/mol. The molecule has 0 atom stereocenters. The van der Waals surface area contributed by atoms with Crippen molar-refractivity contribution in [1.82, 2.24) is 0 Å². The molecule has 2 rings (SSSR count). The second-order valence-electron chi connectivity index (χ2n) is 5.60. The average molecular weight is 210 g/mol. The topological polar surface area (TPSA) is 37.3 Å². The van der Waals surface area contributed by atoms with Crippen LogP contribution in [0.15, 0.2) is 0 Å². The molecule has 0 aromatic heterocycles. The highest BCUT2D eigenvalue weighted by Crippen LogP contribution is 2.41. The van der Waals surface area contributed by atoms with Gasteiger partial charge in [0.25, 0.3) is 0 Å². The van der Waals surface area contributed by atoms with E-state index in [0.29, 0.717) is 37.4 Å². The van der Waals surface area contributed by atoms with E-state index in [1.54, 1.807) is 0 Å². The van der Waals surface area contributed by atoms with Gasteiger partial charge in [-0.15, -0.1) is 0 Å². The third-order valence-electron chi connectivity index (χ3n) is 4.45. The van der Waals surface area contributed by atoms with Crippen molar-refractivity contribution in [3.63, 3.8) is 0 Å². The van der Waals surface area contributed by atoms with Crippen LogP contribution in [0.1, 0.15) is 58.3 Å². The van der Waals surface area contributed by atoms with Gasteiger partial charge in [-0.2, -0.15) is 0 Å². The van der Waals surface area contributed by atoms with E-state index in [2.05, 4.69) is 6.92 Å². The van der Waals surface area contributed by atoms with Crippen LogP contribution >= 0.6 is 0 Å². The van der Waals surface area contributed by atoms with Crippen LogP contribution in [-0.2, 0) is 4.79 Å². The Morgan fingerprint density at radius 1 is 1.13 bits per heavy atom. The van der Waals surface area contributed by atoms with Crippen molar-refractivity contribution in [2.24, 2.45) is 11.8 Å². The smallest absolute Gasteiger partial charge is 0.133 e. The Bertz CT molecular complexity index is 229. The van der Waals surface area contributed by atoms with Gasteiger partial charge >= 0.3 is 0 Å². The molecule has 0 radical (unpaired) electrons. The van der Waals surface area contributed by atoms with Gasteiger partial charge in [0.2, 0.25) is 0 Å². The predicted molar refractivity (Wildman–Crippen MR) is 59.5 cm³/mol. The molecule has 0 aromatic rings. The molecule has 0 saturated heterocycles. The van der Waals surface area contributed by atoms with Crippen molar-refractivity contribution in [3.05, 3.63) is 0 Å². The maximum absolute atomic E-state index is 11.2. The molecule has 2 nitrogen and oxygen atoms in total. The second kappa shape index (κ2) is 4.25. The number of carbonyl (C=O) groups is 1. The van der Waals surface area contributed by atoms with Crippen molar-refractivity contribution >= 4 is 5.78 Å². The summed E-state index contributed by atoms with van der Waals surface area (Å²) in [6, 6.07) is 0. The lowest BCUT2D eigenvalue weighted by molar-refractivity contribution is -0.129. The van der Waals surface area contributed by atoms with Crippen LogP contribution in [0, 0.1) is 11.8 Å². The average Bonchev–Trinajstić information content (AvgIpc) is 2.24. The van der Waals surface area contributed by atoms with E-state index in [9.17, 15) is 9.90 Å². The van der Waals surface area contributed by atoms with Gasteiger partial charge in [-0.1, -0.05) is 19.8 Å². The molecule has 2 saturated carbocycles. The molecule has 0 aromatic carbocycles. The maximum atomic E-state index is 11.2. The van der Waals surface area contributed by atoms with Crippen LogP contribution in [0.5, 0.6) is 0 Å². The third-order valence-corrected chi connectivity index (χ3v) is 4.45. The van der Waals surface area contributed by atoms with E-state index in [4.69, 9.17) is 0 Å². The predicted octanol–water partition coefficient (Wildman–Crippen LogP) is 2.69. The largest absolute Gasteiger partial charge is 0.390 e. The summed E-state index contributed by atoms with van der Waals surface area (Å²) in [5.41, 5.74) is -0.506. The first-order valence-corrected chi connectivity index (χ1v) is 6.34. The molecule has 0 unspecified atom stereocenters. The number of hydrogen-bond acceptors (Lipinski definition) is 2. The van der Waals surface area contributed by atoms with Crippen LogP contribution < -0.4 is 0 Å². The highest BCUT2D eigenvalue weighted by atomic mass is 16.3. The normalized spacial score (nSPS) is 36.5. The van der Waals surface area contributed by atoms with Gasteiger partial charge in [0.1, 0.15) is 5.78 Å². The molecule has 86 valence electrons. The summed E-state index contributed by atoms with van der Waals surface area (Å²) in [5, 5.41) is 10.5. The van der Waals surface area contributed by atoms with Crippen molar-refractivity contribution in [2.75, 3.05) is 0 Å². The number of aliphatic hydroxyl groups is 1. The highest BCUT2D eigenvalue weighted by Gasteiger charge is 2.40. The maximum Gasteiger partial charge on any atom is 0.133 e. The number of ketones is 1. The summed E-state index contributed by atoms with van der Waals surface area (Å²) in [5.74, 6) is 1.63. The number of Topliss-reactive ketones (excluding diaryl/α,β-unsaturated/α-hetero) is 1. The zero-order chi connectivity index (χ0) is 10.9. The summed E-state index contributed by atoms with van der Waals surface area (Å²) in [7, 11) is 0. The Kier molecular flexibility index (Phi) is 3.15. The number of hydrogen-bond donors (Lipinski definition) is 1. The number of rotatable bonds is 1. The molecule has 0 spiro atoms. The van der Waals surface area contributed by atoms with Gasteiger partial charge in [-0.25, -0.2) is 0 Å². The molecule has 2 aliphatic carbocycles. The minimum Gasteiger partial charge on any atom is -0.390 e. The van der Waals surface area contributed by atoms with Crippen LogP contribution in [0.2, 0.25) is 0 Å². The van der Waals surface area contributed by atoms with Crippen LogP contribution in [0.4, 0.5) is 0 Å². The Hall–Kier alpha value is -0.370. The van der Waals surface area contributed by atoms with Crippen molar-refractivity contribution in [1.29, 1.82) is 0 Å². The van der Waals surface area contributed by atoms with Gasteiger partial charge in [-0.05, 0) is 37.5 Å². The second-order valence-corrected chi connectivity index (χ2v) is 5.60. The summed E-state index contributed by atoms with van der Waals surface area (Å²) in [4.78, 5) is 11.2. The van der Waals surface area contributed by atoms with Crippen LogP contribution in [0.3, 0.4) is 0 Å². The minimum absolute atomic E-state index is 0.337. The van der Waals surface area contributed by atoms with E-state index in [1.807, 2.05) is 0 Å². The molecule has 0 aliphatic heterocycles. The van der Waals surface area contributed by atoms with Crippen LogP contribution in [0.25, 0.3) is 0 Å². The molecule has 0 heterocycles. The third kappa shape index (κ3) is 2.41. The van der Waals surface area contributed by atoms with Crippen molar-refractivity contribution in [2.45, 2.75) is 63.9 Å². The lowest BCUT2D eigenvalue weighted by Gasteiger charge is -2.41. The Labute approximate surface area is 92.1 Å². The molecule has 0 amide bonds. The molecule has 15 heavy (non-hydrogen) atoms. The molecule has 0 bridgehead atoms. The summed E-state index contributed by atoms with van der Waals surface area (Å²) < 4.78 is 0. The van der Waals surface area contributed by atoms with E-state index in [0.717, 1.165) is 18.8 Å². The Morgan fingerprint density at radius 3 is 2.20 bits per heavy atom. The SMILES string of the molecule is CC1CCC(C2(O)CCC(=O)CC2)CC1. The van der Waals surface area contributed by atoms with E-state index in [1.165, 1.54) is 12.8 Å². The minimum atomic E-state index is -0.506. The monoisotopic (exact) mass is 210 g/mol. The quantitative estimate of drug-likeness (QED) is 0.722. The summed E-state index contributed by atoms with van der Waals surface area (Å²) in [6.45, 7) is 2.30. The fourth-order valence-corrected chi connectivity index (χ4v) is 3.17. The zero-order valence-electron chi connectivity index (χ0n) is 9.67. The van der Waals surface area contributed by atoms with Gasteiger partial charge in [0.15, 0.2) is 0 Å². The van der Waals surface area contributed by atoms with E-state index < -0.39 is 5.60 Å². The number of carbonyl (C=O) groups excluding carboxylic acids is 1. The first-order chi connectivity index (χ1) is 7.10. The Balaban J connectivity index is 1.94. The van der Waals surface area contributed by atoms with Crippen LogP contribution in [-0.4, -0.2) is 16.5 Å². The lowest BCUT2D eigenvalue weighted by atomic mass is 9.68. The van der Waals surface area contributed by atoms with Crippen molar-refractivity contribution < 1.29 is 9.90 Å².